The number of imidazole rings is 1. The molecule has 0 atom stereocenters. The van der Waals surface area contributed by atoms with Crippen molar-refractivity contribution in [3.8, 4) is 0 Å². The second-order valence-corrected chi connectivity index (χ2v) is 5.72. The molecule has 0 unspecified atom stereocenters. The lowest BCUT2D eigenvalue weighted by molar-refractivity contribution is 0.503. The van der Waals surface area contributed by atoms with Crippen molar-refractivity contribution < 1.29 is 0 Å². The minimum Gasteiger partial charge on any atom is -0.356 e. The molecule has 108 valence electrons. The molecule has 0 aromatic carbocycles. The normalized spacial score (nSPS) is 11.9. The summed E-state index contributed by atoms with van der Waals surface area (Å²) in [5.74, 6) is 3.56. The first-order chi connectivity index (χ1) is 9.17. The lowest BCUT2D eigenvalue weighted by Gasteiger charge is -2.13. The van der Waals surface area contributed by atoms with Crippen LogP contribution in [0.2, 0.25) is 0 Å². The van der Waals surface area contributed by atoms with Crippen LogP contribution in [0.3, 0.4) is 0 Å². The third-order valence-electron chi connectivity index (χ3n) is 2.60. The number of thioether (sulfide) groups is 1. The van der Waals surface area contributed by atoms with E-state index in [0.717, 1.165) is 30.6 Å². The van der Waals surface area contributed by atoms with Gasteiger partial charge in [-0.2, -0.15) is 11.8 Å². The zero-order chi connectivity index (χ0) is 14.1. The Bertz CT molecular complexity index is 386. The first-order valence-electron chi connectivity index (χ1n) is 6.60. The van der Waals surface area contributed by atoms with Gasteiger partial charge in [-0.25, -0.2) is 4.98 Å². The van der Waals surface area contributed by atoms with E-state index in [2.05, 4.69) is 45.3 Å². The summed E-state index contributed by atoms with van der Waals surface area (Å²) in [5.41, 5.74) is 0. The van der Waals surface area contributed by atoms with Crippen molar-refractivity contribution in [1.29, 1.82) is 0 Å². The van der Waals surface area contributed by atoms with Gasteiger partial charge in [0.1, 0.15) is 5.82 Å². The Hall–Kier alpha value is -1.17. The summed E-state index contributed by atoms with van der Waals surface area (Å²) in [5, 5.41) is 6.56. The second kappa shape index (κ2) is 8.85. The molecular weight excluding hydrogens is 258 g/mol. The summed E-state index contributed by atoms with van der Waals surface area (Å²) in [6, 6.07) is 0. The molecule has 1 aromatic rings. The number of aliphatic imine (C=N–C) groups is 1. The molecule has 0 bridgehead atoms. The van der Waals surface area contributed by atoms with E-state index < -0.39 is 0 Å². The van der Waals surface area contributed by atoms with Gasteiger partial charge in [-0.05, 0) is 12.2 Å². The highest BCUT2D eigenvalue weighted by molar-refractivity contribution is 7.98. The molecule has 1 heterocycles. The van der Waals surface area contributed by atoms with E-state index in [4.69, 9.17) is 0 Å². The number of nitrogens with zero attached hydrogens (tertiary/aromatic N) is 3. The van der Waals surface area contributed by atoms with E-state index in [0.29, 0.717) is 12.5 Å². The van der Waals surface area contributed by atoms with Gasteiger partial charge in [0.2, 0.25) is 0 Å². The van der Waals surface area contributed by atoms with Crippen molar-refractivity contribution in [2.75, 3.05) is 25.6 Å². The van der Waals surface area contributed by atoms with Gasteiger partial charge in [0.25, 0.3) is 0 Å². The maximum atomic E-state index is 4.39. The van der Waals surface area contributed by atoms with Crippen LogP contribution in [0, 0.1) is 5.92 Å². The fourth-order valence-corrected chi connectivity index (χ4v) is 2.03. The van der Waals surface area contributed by atoms with Crippen LogP contribution in [0.5, 0.6) is 0 Å². The number of hydrogen-bond acceptors (Lipinski definition) is 3. The van der Waals surface area contributed by atoms with Gasteiger partial charge < -0.3 is 15.2 Å². The van der Waals surface area contributed by atoms with E-state index in [1.54, 1.807) is 7.05 Å². The molecule has 0 aliphatic carbocycles. The summed E-state index contributed by atoms with van der Waals surface area (Å²) in [6.07, 6.45) is 5.98. The van der Waals surface area contributed by atoms with Gasteiger partial charge in [0.05, 0.1) is 6.54 Å². The minimum absolute atomic E-state index is 0.618. The standard InChI is InChI=1S/C13H25N5S/c1-11(2)10-18-7-5-15-12(18)9-17-13(14-3)16-6-8-19-4/h5,7,11H,6,8-10H2,1-4H3,(H2,14,16,17). The van der Waals surface area contributed by atoms with E-state index in [1.165, 1.54) is 0 Å². The van der Waals surface area contributed by atoms with Crippen LogP contribution in [0.25, 0.3) is 0 Å². The van der Waals surface area contributed by atoms with Gasteiger partial charge in [-0.3, -0.25) is 4.99 Å². The minimum atomic E-state index is 0.618. The lowest BCUT2D eigenvalue weighted by Crippen LogP contribution is -2.38. The number of rotatable bonds is 7. The fourth-order valence-electron chi connectivity index (χ4n) is 1.72. The summed E-state index contributed by atoms with van der Waals surface area (Å²) in [7, 11) is 1.79. The van der Waals surface area contributed by atoms with Crippen molar-refractivity contribution >= 4 is 17.7 Å². The summed E-state index contributed by atoms with van der Waals surface area (Å²) in [4.78, 5) is 8.58. The molecule has 1 aromatic heterocycles. The number of aromatic nitrogens is 2. The smallest absolute Gasteiger partial charge is 0.191 e. The molecule has 6 heteroatoms. The Morgan fingerprint density at radius 3 is 2.89 bits per heavy atom. The van der Waals surface area contributed by atoms with Crippen molar-refractivity contribution in [2.45, 2.75) is 26.9 Å². The largest absolute Gasteiger partial charge is 0.356 e. The molecule has 0 saturated heterocycles. The third kappa shape index (κ3) is 6.00. The average molecular weight is 283 g/mol. The first-order valence-corrected chi connectivity index (χ1v) is 8.00. The number of guanidine groups is 1. The average Bonchev–Trinajstić information content (AvgIpc) is 2.80. The van der Waals surface area contributed by atoms with Crippen molar-refractivity contribution in [3.05, 3.63) is 18.2 Å². The quantitative estimate of drug-likeness (QED) is 0.453. The topological polar surface area (TPSA) is 54.2 Å². The molecule has 0 fully saturated rings. The highest BCUT2D eigenvalue weighted by atomic mass is 32.2. The Labute approximate surface area is 120 Å². The van der Waals surface area contributed by atoms with E-state index in [-0.39, 0.29) is 0 Å². The Morgan fingerprint density at radius 1 is 1.47 bits per heavy atom. The molecule has 0 radical (unpaired) electrons. The van der Waals surface area contributed by atoms with Crippen LogP contribution in [0.1, 0.15) is 19.7 Å². The predicted molar refractivity (Wildman–Crippen MR) is 83.6 cm³/mol. The van der Waals surface area contributed by atoms with Crippen molar-refractivity contribution in [1.82, 2.24) is 20.2 Å². The van der Waals surface area contributed by atoms with E-state index in [1.807, 2.05) is 24.2 Å². The highest BCUT2D eigenvalue weighted by Gasteiger charge is 2.05. The predicted octanol–water partition coefficient (Wildman–Crippen LogP) is 1.57. The van der Waals surface area contributed by atoms with Gasteiger partial charge in [-0.15, -0.1) is 0 Å². The van der Waals surface area contributed by atoms with Crippen molar-refractivity contribution in [3.63, 3.8) is 0 Å². The van der Waals surface area contributed by atoms with Crippen LogP contribution >= 0.6 is 11.8 Å². The molecule has 0 aliphatic heterocycles. The molecule has 19 heavy (non-hydrogen) atoms. The molecule has 0 amide bonds. The molecule has 5 nitrogen and oxygen atoms in total. The number of hydrogen-bond donors (Lipinski definition) is 2. The van der Waals surface area contributed by atoms with Crippen LogP contribution in [0.15, 0.2) is 17.4 Å². The molecule has 1 rings (SSSR count). The van der Waals surface area contributed by atoms with Gasteiger partial charge in [0.15, 0.2) is 5.96 Å². The maximum Gasteiger partial charge on any atom is 0.191 e. The Kier molecular flexibility index (Phi) is 7.40. The second-order valence-electron chi connectivity index (χ2n) is 4.74. The van der Waals surface area contributed by atoms with Crippen molar-refractivity contribution in [2.24, 2.45) is 10.9 Å². The van der Waals surface area contributed by atoms with E-state index in [9.17, 15) is 0 Å². The van der Waals surface area contributed by atoms with E-state index >= 15 is 0 Å². The van der Waals surface area contributed by atoms with Gasteiger partial charge >= 0.3 is 0 Å². The van der Waals surface area contributed by atoms with Gasteiger partial charge in [0, 0.05) is 38.3 Å². The third-order valence-corrected chi connectivity index (χ3v) is 3.21. The highest BCUT2D eigenvalue weighted by Crippen LogP contribution is 2.03. The Balaban J connectivity index is 2.44. The van der Waals surface area contributed by atoms with Crippen LogP contribution < -0.4 is 10.6 Å². The fraction of sp³-hybridized carbons (Fsp3) is 0.692. The summed E-state index contributed by atoms with van der Waals surface area (Å²) >= 11 is 1.82. The monoisotopic (exact) mass is 283 g/mol. The molecule has 0 saturated carbocycles. The van der Waals surface area contributed by atoms with Crippen LogP contribution in [-0.2, 0) is 13.1 Å². The zero-order valence-corrected chi connectivity index (χ0v) is 13.1. The Morgan fingerprint density at radius 2 is 2.26 bits per heavy atom. The lowest BCUT2D eigenvalue weighted by atomic mass is 10.2. The summed E-state index contributed by atoms with van der Waals surface area (Å²) in [6.45, 7) is 7.02. The van der Waals surface area contributed by atoms with Crippen LogP contribution in [0.4, 0.5) is 0 Å². The summed E-state index contributed by atoms with van der Waals surface area (Å²) < 4.78 is 2.19. The van der Waals surface area contributed by atoms with Gasteiger partial charge in [-0.1, -0.05) is 13.8 Å². The van der Waals surface area contributed by atoms with Crippen LogP contribution in [-0.4, -0.2) is 41.1 Å². The molecular formula is C13H25N5S. The maximum absolute atomic E-state index is 4.39. The number of nitrogens with one attached hydrogen (secondary N) is 2. The molecule has 0 spiro atoms. The first kappa shape index (κ1) is 15.9. The molecule has 0 aliphatic rings. The zero-order valence-electron chi connectivity index (χ0n) is 12.3. The SMILES string of the molecule is CN=C(NCCSC)NCc1nccn1CC(C)C. The molecule has 2 N–H and O–H groups in total.